The topological polar surface area (TPSA) is 40.1 Å². The van der Waals surface area contributed by atoms with E-state index < -0.39 is 5.97 Å². The maximum Gasteiger partial charge on any atom is 0.0643 e. The normalized spacial score (nSPS) is 10.4. The van der Waals surface area contributed by atoms with Crippen molar-refractivity contribution in [1.29, 1.82) is 0 Å². The van der Waals surface area contributed by atoms with Gasteiger partial charge in [-0.25, -0.2) is 0 Å². The zero-order valence-electron chi connectivity index (χ0n) is 6.16. The number of carbonyl (C=O) groups is 1. The zero-order valence-corrected chi connectivity index (χ0v) is 7.74. The lowest BCUT2D eigenvalue weighted by atomic mass is 10.2. The number of rotatable bonds is 2. The molecule has 0 radical (unpaired) electrons. The summed E-state index contributed by atoms with van der Waals surface area (Å²) in [4.78, 5) is 10.0. The summed E-state index contributed by atoms with van der Waals surface area (Å²) in [5, 5.41) is 10.0. The summed E-state index contributed by atoms with van der Waals surface area (Å²) >= 11 is 3.27. The first-order valence-corrected chi connectivity index (χ1v) is 4.12. The quantitative estimate of drug-likeness (QED) is 0.711. The average Bonchev–Trinajstić information content (AvgIpc) is 2.01. The van der Waals surface area contributed by atoms with Gasteiger partial charge in [-0.15, -0.1) is 0 Å². The second kappa shape index (κ2) is 4.07. The monoisotopic (exact) mass is 225 g/mol. The van der Waals surface area contributed by atoms with Crippen molar-refractivity contribution in [1.82, 2.24) is 0 Å². The molecule has 0 aromatic heterocycles. The molecule has 1 rings (SSSR count). The Balaban J connectivity index is 2.83. The second-order valence-corrected chi connectivity index (χ2v) is 3.12. The van der Waals surface area contributed by atoms with E-state index in [4.69, 9.17) is 0 Å². The molecule has 3 heteroatoms. The Hall–Kier alpha value is -1.09. The minimum Gasteiger partial charge on any atom is -0.545 e. The van der Waals surface area contributed by atoms with E-state index in [1.807, 2.05) is 24.3 Å². The molecular weight excluding hydrogens is 220 g/mol. The van der Waals surface area contributed by atoms with Crippen molar-refractivity contribution >= 4 is 28.0 Å². The summed E-state index contributed by atoms with van der Waals surface area (Å²) in [6.07, 6.45) is 2.49. The van der Waals surface area contributed by atoms with Crippen molar-refractivity contribution in [3.63, 3.8) is 0 Å². The van der Waals surface area contributed by atoms with Gasteiger partial charge in [0.25, 0.3) is 0 Å². The Morgan fingerprint density at radius 2 is 2.25 bits per heavy atom. The van der Waals surface area contributed by atoms with E-state index in [9.17, 15) is 9.90 Å². The van der Waals surface area contributed by atoms with Crippen molar-refractivity contribution in [2.75, 3.05) is 0 Å². The number of benzene rings is 1. The van der Waals surface area contributed by atoms with Crippen LogP contribution in [0.15, 0.2) is 34.8 Å². The van der Waals surface area contributed by atoms with Gasteiger partial charge in [0.2, 0.25) is 0 Å². The Labute approximate surface area is 78.7 Å². The van der Waals surface area contributed by atoms with Gasteiger partial charge in [0.05, 0.1) is 5.97 Å². The van der Waals surface area contributed by atoms with Crippen LogP contribution in [0.2, 0.25) is 0 Å². The first-order valence-electron chi connectivity index (χ1n) is 3.33. The lowest BCUT2D eigenvalue weighted by Gasteiger charge is -1.94. The molecule has 12 heavy (non-hydrogen) atoms. The fourth-order valence-electron chi connectivity index (χ4n) is 0.775. The van der Waals surface area contributed by atoms with Crippen molar-refractivity contribution in [2.24, 2.45) is 0 Å². The molecule has 0 spiro atoms. The molecule has 0 N–H and O–H groups in total. The zero-order chi connectivity index (χ0) is 8.97. The van der Waals surface area contributed by atoms with Crippen molar-refractivity contribution in [3.8, 4) is 0 Å². The van der Waals surface area contributed by atoms with Crippen LogP contribution >= 0.6 is 15.9 Å². The number of hydrogen-bond donors (Lipinski definition) is 0. The smallest absolute Gasteiger partial charge is 0.0643 e. The molecule has 0 aliphatic rings. The van der Waals surface area contributed by atoms with Crippen LogP contribution in [0.5, 0.6) is 0 Å². The van der Waals surface area contributed by atoms with E-state index >= 15 is 0 Å². The lowest BCUT2D eigenvalue weighted by molar-refractivity contribution is -0.297. The highest BCUT2D eigenvalue weighted by molar-refractivity contribution is 9.10. The molecule has 0 heterocycles. The van der Waals surface area contributed by atoms with Crippen molar-refractivity contribution in [2.45, 2.75) is 0 Å². The lowest BCUT2D eigenvalue weighted by Crippen LogP contribution is -2.18. The summed E-state index contributed by atoms with van der Waals surface area (Å²) in [5.74, 6) is -1.19. The first-order chi connectivity index (χ1) is 5.68. The average molecular weight is 226 g/mol. The van der Waals surface area contributed by atoms with Gasteiger partial charge in [0, 0.05) is 4.47 Å². The molecule has 0 aliphatic carbocycles. The Morgan fingerprint density at radius 1 is 1.50 bits per heavy atom. The summed E-state index contributed by atoms with van der Waals surface area (Å²) in [5.41, 5.74) is 0.827. The minimum atomic E-state index is -1.19. The molecule has 0 bridgehead atoms. The number of carboxylic acid groups (broad SMARTS) is 1. The van der Waals surface area contributed by atoms with Crippen LogP contribution in [0.3, 0.4) is 0 Å². The third kappa shape index (κ3) is 2.88. The van der Waals surface area contributed by atoms with Gasteiger partial charge in [-0.3, -0.25) is 0 Å². The summed E-state index contributed by atoms with van der Waals surface area (Å²) < 4.78 is 0.919. The van der Waals surface area contributed by atoms with Gasteiger partial charge >= 0.3 is 0 Å². The van der Waals surface area contributed by atoms with Gasteiger partial charge in [-0.2, -0.15) is 0 Å². The number of carboxylic acids is 1. The summed E-state index contributed by atoms with van der Waals surface area (Å²) in [6, 6.07) is 7.33. The van der Waals surface area contributed by atoms with Crippen LogP contribution in [-0.4, -0.2) is 5.97 Å². The van der Waals surface area contributed by atoms with E-state index in [1.165, 1.54) is 6.08 Å². The molecule has 0 aliphatic heterocycles. The van der Waals surface area contributed by atoms with E-state index in [0.29, 0.717) is 0 Å². The Morgan fingerprint density at radius 3 is 2.83 bits per heavy atom. The Bertz CT molecular complexity index is 318. The molecule has 1 aromatic carbocycles. The SMILES string of the molecule is O=C([O-])/C=C\c1cccc(Br)c1. The third-order valence-corrected chi connectivity index (χ3v) is 1.75. The number of hydrogen-bond acceptors (Lipinski definition) is 2. The summed E-state index contributed by atoms with van der Waals surface area (Å²) in [6.45, 7) is 0. The van der Waals surface area contributed by atoms with Gasteiger partial charge in [-0.1, -0.05) is 34.1 Å². The molecule has 0 fully saturated rings. The molecule has 0 saturated heterocycles. The predicted molar refractivity (Wildman–Crippen MR) is 48.2 cm³/mol. The van der Waals surface area contributed by atoms with E-state index in [2.05, 4.69) is 15.9 Å². The van der Waals surface area contributed by atoms with Crippen LogP contribution in [0.1, 0.15) is 5.56 Å². The van der Waals surface area contributed by atoms with Crippen LogP contribution in [-0.2, 0) is 4.79 Å². The summed E-state index contributed by atoms with van der Waals surface area (Å²) in [7, 11) is 0. The molecular formula is C9H6BrO2-. The van der Waals surface area contributed by atoms with Gasteiger partial charge in [-0.05, 0) is 23.8 Å². The molecule has 1 aromatic rings. The predicted octanol–water partition coefficient (Wildman–Crippen LogP) is 1.21. The van der Waals surface area contributed by atoms with Crippen molar-refractivity contribution in [3.05, 3.63) is 40.4 Å². The minimum absolute atomic E-state index is 0.827. The number of halogens is 1. The highest BCUT2D eigenvalue weighted by Crippen LogP contribution is 2.12. The molecule has 62 valence electrons. The van der Waals surface area contributed by atoms with Gasteiger partial charge in [0.1, 0.15) is 0 Å². The van der Waals surface area contributed by atoms with E-state index in [0.717, 1.165) is 16.1 Å². The van der Waals surface area contributed by atoms with Crippen LogP contribution in [0, 0.1) is 0 Å². The fourth-order valence-corrected chi connectivity index (χ4v) is 1.19. The Kier molecular flexibility index (Phi) is 3.05. The first kappa shape index (κ1) is 9.00. The third-order valence-electron chi connectivity index (χ3n) is 1.26. The maximum absolute atomic E-state index is 10.0. The maximum atomic E-state index is 10.0. The number of aliphatic carboxylic acids is 1. The largest absolute Gasteiger partial charge is 0.545 e. The second-order valence-electron chi connectivity index (χ2n) is 2.21. The van der Waals surface area contributed by atoms with Crippen molar-refractivity contribution < 1.29 is 9.90 Å². The van der Waals surface area contributed by atoms with E-state index in [1.54, 1.807) is 0 Å². The van der Waals surface area contributed by atoms with Crippen LogP contribution < -0.4 is 5.11 Å². The molecule has 2 nitrogen and oxygen atoms in total. The highest BCUT2D eigenvalue weighted by Gasteiger charge is 1.87. The van der Waals surface area contributed by atoms with Crippen LogP contribution in [0.4, 0.5) is 0 Å². The standard InChI is InChI=1S/C9H7BrO2/c10-8-3-1-2-7(6-8)4-5-9(11)12/h1-6H,(H,11,12)/p-1/b5-4-. The fraction of sp³-hybridized carbons (Fsp3) is 0. The van der Waals surface area contributed by atoms with Gasteiger partial charge < -0.3 is 9.90 Å². The molecule has 0 atom stereocenters. The molecule has 0 saturated carbocycles. The molecule has 0 unspecified atom stereocenters. The number of carbonyl (C=O) groups excluding carboxylic acids is 1. The van der Waals surface area contributed by atoms with E-state index in [-0.39, 0.29) is 0 Å². The van der Waals surface area contributed by atoms with Gasteiger partial charge in [0.15, 0.2) is 0 Å². The highest BCUT2D eigenvalue weighted by atomic mass is 79.9. The molecule has 0 amide bonds. The van der Waals surface area contributed by atoms with Crippen LogP contribution in [0.25, 0.3) is 6.08 Å².